The van der Waals surface area contributed by atoms with Gasteiger partial charge in [-0.3, -0.25) is 9.59 Å². The van der Waals surface area contributed by atoms with Gasteiger partial charge in [-0.05, 0) is 28.6 Å². The Kier molecular flexibility index (Phi) is 4.27. The zero-order valence-corrected chi connectivity index (χ0v) is 11.7. The highest BCUT2D eigenvalue weighted by molar-refractivity contribution is 5.94. The molecular weight excluding hydrogens is 274 g/mol. The summed E-state index contributed by atoms with van der Waals surface area (Å²) in [6.45, 7) is 1.70. The molecule has 21 heavy (non-hydrogen) atoms. The van der Waals surface area contributed by atoms with Crippen molar-refractivity contribution < 1.29 is 14.7 Å². The van der Waals surface area contributed by atoms with Crippen molar-refractivity contribution in [2.45, 2.75) is 6.92 Å². The number of carboxylic acids is 1. The van der Waals surface area contributed by atoms with Gasteiger partial charge in [-0.2, -0.15) is 0 Å². The molecule has 0 saturated heterocycles. The van der Waals surface area contributed by atoms with Crippen molar-refractivity contribution in [3.63, 3.8) is 0 Å². The monoisotopic (exact) mass is 289 g/mol. The number of aliphatic carboxylic acids is 1. The molecular formula is C13H15N5O3. The molecule has 110 valence electrons. The van der Waals surface area contributed by atoms with Gasteiger partial charge in [-0.1, -0.05) is 13.0 Å². The van der Waals surface area contributed by atoms with Gasteiger partial charge >= 0.3 is 5.97 Å². The normalized spacial score (nSPS) is 11.9. The first-order valence-corrected chi connectivity index (χ1v) is 6.30. The Morgan fingerprint density at radius 2 is 2.19 bits per heavy atom. The Balaban J connectivity index is 2.16. The second-order valence-electron chi connectivity index (χ2n) is 4.73. The third-order valence-corrected chi connectivity index (χ3v) is 3.02. The SMILES string of the molecule is CC(CN(C)C(=O)c1cccc(-n2cnnn2)c1)C(=O)O. The highest BCUT2D eigenvalue weighted by Gasteiger charge is 2.18. The van der Waals surface area contributed by atoms with E-state index in [2.05, 4.69) is 15.5 Å². The molecule has 1 amide bonds. The van der Waals surface area contributed by atoms with Crippen molar-refractivity contribution in [1.82, 2.24) is 25.1 Å². The number of benzene rings is 1. The summed E-state index contributed by atoms with van der Waals surface area (Å²) in [5.74, 6) is -1.81. The number of carbonyl (C=O) groups excluding carboxylic acids is 1. The van der Waals surface area contributed by atoms with Crippen LogP contribution >= 0.6 is 0 Å². The van der Waals surface area contributed by atoms with Crippen molar-refractivity contribution >= 4 is 11.9 Å². The maximum atomic E-state index is 12.3. The van der Waals surface area contributed by atoms with Gasteiger partial charge in [0.05, 0.1) is 11.6 Å². The van der Waals surface area contributed by atoms with Crippen LogP contribution in [0.4, 0.5) is 0 Å². The predicted molar refractivity (Wildman–Crippen MR) is 72.9 cm³/mol. The Morgan fingerprint density at radius 3 is 2.81 bits per heavy atom. The summed E-state index contributed by atoms with van der Waals surface area (Å²) < 4.78 is 1.44. The van der Waals surface area contributed by atoms with Gasteiger partial charge in [-0.15, -0.1) is 5.10 Å². The third kappa shape index (κ3) is 3.41. The molecule has 1 heterocycles. The summed E-state index contributed by atoms with van der Waals surface area (Å²) in [7, 11) is 1.57. The molecule has 1 unspecified atom stereocenters. The number of nitrogens with zero attached hydrogens (tertiary/aromatic N) is 5. The van der Waals surface area contributed by atoms with E-state index in [0.29, 0.717) is 11.3 Å². The van der Waals surface area contributed by atoms with E-state index >= 15 is 0 Å². The summed E-state index contributed by atoms with van der Waals surface area (Å²) >= 11 is 0. The minimum atomic E-state index is -0.933. The van der Waals surface area contributed by atoms with Crippen LogP contribution in [-0.2, 0) is 4.79 Å². The molecule has 0 spiro atoms. The Bertz CT molecular complexity index is 641. The first-order chi connectivity index (χ1) is 9.99. The third-order valence-electron chi connectivity index (χ3n) is 3.02. The first-order valence-electron chi connectivity index (χ1n) is 6.30. The van der Waals surface area contributed by atoms with Gasteiger partial charge in [-0.25, -0.2) is 4.68 Å². The molecule has 2 aromatic rings. The fraction of sp³-hybridized carbons (Fsp3) is 0.308. The summed E-state index contributed by atoms with van der Waals surface area (Å²) in [5.41, 5.74) is 1.11. The number of amides is 1. The predicted octanol–water partition coefficient (Wildman–Crippen LogP) is 0.455. The van der Waals surface area contributed by atoms with Crippen molar-refractivity contribution in [1.29, 1.82) is 0 Å². The molecule has 0 fully saturated rings. The van der Waals surface area contributed by atoms with E-state index in [0.717, 1.165) is 0 Å². The van der Waals surface area contributed by atoms with Crippen molar-refractivity contribution in [2.24, 2.45) is 5.92 Å². The number of aromatic nitrogens is 4. The van der Waals surface area contributed by atoms with Gasteiger partial charge in [0.15, 0.2) is 0 Å². The summed E-state index contributed by atoms with van der Waals surface area (Å²) in [6, 6.07) is 6.81. The van der Waals surface area contributed by atoms with Crippen LogP contribution in [-0.4, -0.2) is 55.7 Å². The van der Waals surface area contributed by atoms with Crippen LogP contribution in [0, 0.1) is 5.92 Å². The highest BCUT2D eigenvalue weighted by atomic mass is 16.4. The second kappa shape index (κ2) is 6.12. The van der Waals surface area contributed by atoms with Crippen LogP contribution in [0.2, 0.25) is 0 Å². The fourth-order valence-electron chi connectivity index (χ4n) is 1.85. The number of hydrogen-bond acceptors (Lipinski definition) is 5. The van der Waals surface area contributed by atoms with Crippen LogP contribution in [0.1, 0.15) is 17.3 Å². The van der Waals surface area contributed by atoms with Crippen LogP contribution < -0.4 is 0 Å². The molecule has 0 aliphatic carbocycles. The number of tetrazole rings is 1. The average Bonchev–Trinajstić information content (AvgIpc) is 3.00. The molecule has 1 aromatic carbocycles. The fourth-order valence-corrected chi connectivity index (χ4v) is 1.85. The maximum absolute atomic E-state index is 12.3. The molecule has 1 aromatic heterocycles. The lowest BCUT2D eigenvalue weighted by atomic mass is 10.1. The number of carbonyl (C=O) groups is 2. The number of hydrogen-bond donors (Lipinski definition) is 1. The number of carboxylic acid groups (broad SMARTS) is 1. The minimum Gasteiger partial charge on any atom is -0.481 e. The Labute approximate surface area is 121 Å². The van der Waals surface area contributed by atoms with Gasteiger partial charge in [0.2, 0.25) is 0 Å². The topological polar surface area (TPSA) is 101 Å². The van der Waals surface area contributed by atoms with E-state index < -0.39 is 11.9 Å². The van der Waals surface area contributed by atoms with E-state index in [9.17, 15) is 9.59 Å². The first kappa shape index (κ1) is 14.6. The summed E-state index contributed by atoms with van der Waals surface area (Å²) in [4.78, 5) is 24.5. The second-order valence-corrected chi connectivity index (χ2v) is 4.73. The zero-order chi connectivity index (χ0) is 15.4. The molecule has 2 rings (SSSR count). The van der Waals surface area contributed by atoms with E-state index in [1.807, 2.05) is 0 Å². The molecule has 0 bridgehead atoms. The molecule has 0 aliphatic rings. The lowest BCUT2D eigenvalue weighted by Gasteiger charge is -2.19. The van der Waals surface area contributed by atoms with E-state index in [1.54, 1.807) is 38.2 Å². The van der Waals surface area contributed by atoms with E-state index in [-0.39, 0.29) is 12.5 Å². The molecule has 8 heteroatoms. The molecule has 0 saturated carbocycles. The van der Waals surface area contributed by atoms with E-state index in [4.69, 9.17) is 5.11 Å². The van der Waals surface area contributed by atoms with Crippen LogP contribution in [0.5, 0.6) is 0 Å². The zero-order valence-electron chi connectivity index (χ0n) is 11.7. The van der Waals surface area contributed by atoms with Gasteiger partial charge < -0.3 is 10.0 Å². The van der Waals surface area contributed by atoms with Gasteiger partial charge in [0, 0.05) is 19.2 Å². The highest BCUT2D eigenvalue weighted by Crippen LogP contribution is 2.11. The quantitative estimate of drug-likeness (QED) is 0.857. The Hall–Kier alpha value is -2.77. The smallest absolute Gasteiger partial charge is 0.308 e. The number of rotatable bonds is 5. The lowest BCUT2D eigenvalue weighted by molar-refractivity contribution is -0.141. The van der Waals surface area contributed by atoms with Crippen LogP contribution in [0.25, 0.3) is 5.69 Å². The standard InChI is InChI=1S/C13H15N5O3/c1-9(13(20)21)7-17(2)12(19)10-4-3-5-11(6-10)18-8-14-15-16-18/h3-6,8-9H,7H2,1-2H3,(H,20,21). The Morgan fingerprint density at radius 1 is 1.43 bits per heavy atom. The molecule has 0 radical (unpaired) electrons. The van der Waals surface area contributed by atoms with Crippen LogP contribution in [0.15, 0.2) is 30.6 Å². The van der Waals surface area contributed by atoms with Crippen molar-refractivity contribution in [3.05, 3.63) is 36.2 Å². The summed E-state index contributed by atoms with van der Waals surface area (Å²) in [5, 5.41) is 19.7. The van der Waals surface area contributed by atoms with Crippen molar-refractivity contribution in [3.8, 4) is 5.69 Å². The van der Waals surface area contributed by atoms with E-state index in [1.165, 1.54) is 15.9 Å². The van der Waals surface area contributed by atoms with Crippen LogP contribution in [0.3, 0.4) is 0 Å². The molecule has 8 nitrogen and oxygen atoms in total. The lowest BCUT2D eigenvalue weighted by Crippen LogP contribution is -2.33. The molecule has 1 atom stereocenters. The van der Waals surface area contributed by atoms with Gasteiger partial charge in [0.25, 0.3) is 5.91 Å². The van der Waals surface area contributed by atoms with Crippen molar-refractivity contribution in [2.75, 3.05) is 13.6 Å². The molecule has 1 N–H and O–H groups in total. The largest absolute Gasteiger partial charge is 0.481 e. The summed E-state index contributed by atoms with van der Waals surface area (Å²) in [6.07, 6.45) is 1.43. The average molecular weight is 289 g/mol. The van der Waals surface area contributed by atoms with Gasteiger partial charge in [0.1, 0.15) is 6.33 Å². The molecule has 0 aliphatic heterocycles. The maximum Gasteiger partial charge on any atom is 0.308 e. The minimum absolute atomic E-state index is 0.142.